The summed E-state index contributed by atoms with van der Waals surface area (Å²) in [5, 5.41) is 31.7. The van der Waals surface area contributed by atoms with Crippen LogP contribution in [0.5, 0.6) is 11.5 Å². The summed E-state index contributed by atoms with van der Waals surface area (Å²) in [6, 6.07) is 30.5. The van der Waals surface area contributed by atoms with Gasteiger partial charge in [0.05, 0.1) is 60.7 Å². The molecule has 85 heavy (non-hydrogen) atoms. The topological polar surface area (TPSA) is 280 Å². The molecule has 4 aromatic carbocycles. The van der Waals surface area contributed by atoms with E-state index < -0.39 is 0 Å². The minimum Gasteiger partial charge on any atom is -0.508 e. The zero-order valence-electron chi connectivity index (χ0n) is 47.2. The molecule has 2 saturated carbocycles. The summed E-state index contributed by atoms with van der Waals surface area (Å²) >= 11 is 0. The predicted molar refractivity (Wildman–Crippen MR) is 322 cm³/mol. The number of hydrogen-bond acceptors (Lipinski definition) is 16. The lowest BCUT2D eigenvalue weighted by Crippen LogP contribution is -2.39. The first-order chi connectivity index (χ1) is 41.6. The Morgan fingerprint density at radius 2 is 1.01 bits per heavy atom. The molecule has 0 bridgehead atoms. The van der Waals surface area contributed by atoms with Crippen LogP contribution in [0, 0.1) is 23.7 Å². The molecule has 9 aromatic rings. The number of H-pyrrole nitrogens is 2. The summed E-state index contributed by atoms with van der Waals surface area (Å²) in [6.45, 7) is 0.698. The number of phenols is 1. The van der Waals surface area contributed by atoms with E-state index in [2.05, 4.69) is 61.3 Å². The number of aromatic hydroxyl groups is 1. The van der Waals surface area contributed by atoms with Gasteiger partial charge >= 0.3 is 0 Å². The summed E-state index contributed by atoms with van der Waals surface area (Å²) in [5.74, 6) is 6.11. The van der Waals surface area contributed by atoms with Gasteiger partial charge < -0.3 is 30.7 Å². The van der Waals surface area contributed by atoms with Gasteiger partial charge in [-0.2, -0.15) is 10.2 Å². The van der Waals surface area contributed by atoms with Crippen LogP contribution < -0.4 is 25.6 Å². The SMILES string of the molecule is COc1cccc(CN2CC(=O)Nc3ncc(-c4ccc(O)cc4)nc32)c1.O=C1Nc2ncc(-c3ccc(-c4ncn[nH]4)cc3)nc2CC1CC1CCCCC1.O=C1Nc2ncc(-c3ccc(-c4ncn[nH]4)cc3)nc2C[C@H]1CC1CCCCC1. The molecule has 0 spiro atoms. The fourth-order valence-electron chi connectivity index (χ4n) is 12.0. The number of benzene rings is 4. The fourth-order valence-corrected chi connectivity index (χ4v) is 12.0. The number of anilines is 4. The van der Waals surface area contributed by atoms with Gasteiger partial charge in [0.2, 0.25) is 17.7 Å². The Labute approximate surface area is 491 Å². The molecule has 21 nitrogen and oxygen atoms in total. The number of carbonyl (C=O) groups excluding carboxylic acids is 3. The Kier molecular flexibility index (Phi) is 16.9. The Morgan fingerprint density at radius 3 is 1.49 bits per heavy atom. The third-order valence-corrected chi connectivity index (χ3v) is 16.5. The van der Waals surface area contributed by atoms with E-state index in [1.807, 2.05) is 77.7 Å². The van der Waals surface area contributed by atoms with Crippen molar-refractivity contribution in [2.45, 2.75) is 96.4 Å². The van der Waals surface area contributed by atoms with Crippen molar-refractivity contribution in [3.8, 4) is 68.0 Å². The van der Waals surface area contributed by atoms with Gasteiger partial charge in [0.15, 0.2) is 34.9 Å². The molecule has 6 N–H and O–H groups in total. The minimum atomic E-state index is -0.128. The second kappa shape index (κ2) is 25.8. The molecule has 1 unspecified atom stereocenters. The van der Waals surface area contributed by atoms with Crippen molar-refractivity contribution in [1.29, 1.82) is 0 Å². The van der Waals surface area contributed by atoms with Crippen molar-refractivity contribution in [3.63, 3.8) is 0 Å². The molecule has 3 amide bonds. The van der Waals surface area contributed by atoms with Crippen molar-refractivity contribution < 1.29 is 24.2 Å². The van der Waals surface area contributed by atoms with Crippen LogP contribution >= 0.6 is 0 Å². The number of hydrogen-bond donors (Lipinski definition) is 6. The van der Waals surface area contributed by atoms with Crippen LogP contribution in [-0.4, -0.2) is 96.7 Å². The quantitative estimate of drug-likeness (QED) is 0.0663. The van der Waals surface area contributed by atoms with Gasteiger partial charge in [-0.25, -0.2) is 39.9 Å². The molecule has 14 rings (SSSR count). The van der Waals surface area contributed by atoms with Crippen LogP contribution in [0.4, 0.5) is 23.3 Å². The summed E-state index contributed by atoms with van der Waals surface area (Å²) in [5.41, 5.74) is 9.85. The Bertz CT molecular complexity index is 3590. The number of methoxy groups -OCH3 is 1. The van der Waals surface area contributed by atoms with E-state index in [9.17, 15) is 19.5 Å². The van der Waals surface area contributed by atoms with Gasteiger partial charge in [0, 0.05) is 59.0 Å². The zero-order valence-corrected chi connectivity index (χ0v) is 47.2. The fraction of sp³-hybridized carbons (Fsp3) is 0.328. The van der Waals surface area contributed by atoms with Crippen LogP contribution in [0.1, 0.15) is 94.0 Å². The van der Waals surface area contributed by atoms with E-state index in [0.29, 0.717) is 60.2 Å². The van der Waals surface area contributed by atoms with Crippen molar-refractivity contribution in [1.82, 2.24) is 60.3 Å². The average Bonchev–Trinajstić information content (AvgIpc) is 3.59. The molecular weight excluding hydrogens is 1070 g/mol. The number of carbonyl (C=O) groups is 3. The highest BCUT2D eigenvalue weighted by Crippen LogP contribution is 2.37. The number of nitrogens with zero attached hydrogens (tertiary/aromatic N) is 11. The van der Waals surface area contributed by atoms with Crippen LogP contribution in [0.3, 0.4) is 0 Å². The molecule has 5 aromatic heterocycles. The van der Waals surface area contributed by atoms with Crippen LogP contribution in [-0.2, 0) is 33.8 Å². The van der Waals surface area contributed by atoms with E-state index in [1.165, 1.54) is 76.9 Å². The van der Waals surface area contributed by atoms with E-state index in [1.54, 1.807) is 50.0 Å². The molecule has 21 heteroatoms. The lowest BCUT2D eigenvalue weighted by molar-refractivity contribution is -0.121. The number of phenolic OH excluding ortho intramolecular Hbond substituents is 1. The highest BCUT2D eigenvalue weighted by molar-refractivity contribution is 5.99. The smallest absolute Gasteiger partial charge is 0.245 e. The van der Waals surface area contributed by atoms with Gasteiger partial charge in [-0.15, -0.1) is 0 Å². The Balaban J connectivity index is 0.000000125. The van der Waals surface area contributed by atoms with Gasteiger partial charge in [0.25, 0.3) is 0 Å². The monoisotopic (exact) mass is 1140 g/mol. The van der Waals surface area contributed by atoms with Gasteiger partial charge in [0.1, 0.15) is 24.2 Å². The second-order valence-electron chi connectivity index (χ2n) is 22.4. The number of aromatic amines is 2. The van der Waals surface area contributed by atoms with Gasteiger partial charge in [-0.1, -0.05) is 125 Å². The lowest BCUT2D eigenvalue weighted by Gasteiger charge is -2.29. The number of fused-ring (bicyclic) bond motifs is 3. The molecule has 5 aliphatic rings. The number of ether oxygens (including phenoxy) is 1. The van der Waals surface area contributed by atoms with Crippen LogP contribution in [0.15, 0.2) is 128 Å². The van der Waals surface area contributed by atoms with Crippen LogP contribution in [0.2, 0.25) is 0 Å². The molecular formula is C64H66N16O5. The molecule has 3 aliphatic heterocycles. The van der Waals surface area contributed by atoms with Crippen molar-refractivity contribution in [3.05, 3.63) is 145 Å². The molecule has 8 heterocycles. The molecule has 0 radical (unpaired) electrons. The van der Waals surface area contributed by atoms with Crippen LogP contribution in [0.25, 0.3) is 56.5 Å². The lowest BCUT2D eigenvalue weighted by atomic mass is 9.80. The zero-order chi connectivity index (χ0) is 58.1. The summed E-state index contributed by atoms with van der Waals surface area (Å²) < 4.78 is 5.27. The molecule has 2 aliphatic carbocycles. The highest BCUT2D eigenvalue weighted by Gasteiger charge is 2.33. The van der Waals surface area contributed by atoms with Gasteiger partial charge in [-0.3, -0.25) is 24.6 Å². The Hall–Kier alpha value is -9.79. The molecule has 0 saturated heterocycles. The summed E-state index contributed by atoms with van der Waals surface area (Å²) in [7, 11) is 1.62. The maximum absolute atomic E-state index is 12.5. The first kappa shape index (κ1) is 55.7. The van der Waals surface area contributed by atoms with E-state index in [0.717, 1.165) is 86.4 Å². The van der Waals surface area contributed by atoms with E-state index >= 15 is 0 Å². The number of amides is 3. The number of aromatic nitrogens is 12. The summed E-state index contributed by atoms with van der Waals surface area (Å²) in [6.07, 6.45) is 24.2. The first-order valence-electron chi connectivity index (χ1n) is 29.2. The standard InChI is InChI=1S/2C22H24N6O.C20H18N4O3/c2*29-22-17(10-14-4-2-1-3-5-14)11-18-21(27-22)23-12-19(26-18)15-6-8-16(9-7-15)20-24-13-25-28-20;1-27-16-4-2-3-13(9-16)11-24-12-18(26)23-19-20(24)22-17(10-21-19)14-5-7-15(25)8-6-14/h2*6-9,12-14,17H,1-5,10-11H2,(H,23,27,29)(H,24,25,28);2-10,25H,11-12H2,1H3,(H,21,23,26)/t17-;;/m1../s1. The van der Waals surface area contributed by atoms with Gasteiger partial charge in [-0.05, 0) is 66.6 Å². The third-order valence-electron chi connectivity index (χ3n) is 16.5. The largest absolute Gasteiger partial charge is 0.508 e. The van der Waals surface area contributed by atoms with Crippen molar-refractivity contribution in [2.24, 2.45) is 23.7 Å². The third kappa shape index (κ3) is 13.5. The van der Waals surface area contributed by atoms with E-state index in [4.69, 9.17) is 19.7 Å². The number of rotatable bonds is 12. The minimum absolute atomic E-state index is 0.00368. The first-order valence-corrected chi connectivity index (χ1v) is 29.2. The molecule has 2 atom stereocenters. The summed E-state index contributed by atoms with van der Waals surface area (Å²) in [4.78, 5) is 75.1. The highest BCUT2D eigenvalue weighted by atomic mass is 16.5. The normalized spacial score (nSPS) is 17.5. The van der Waals surface area contributed by atoms with E-state index in [-0.39, 0.29) is 41.9 Å². The van der Waals surface area contributed by atoms with Crippen molar-refractivity contribution >= 4 is 41.0 Å². The van der Waals surface area contributed by atoms with Crippen molar-refractivity contribution in [2.75, 3.05) is 34.5 Å². The second-order valence-corrected chi connectivity index (χ2v) is 22.4. The molecule has 432 valence electrons. The maximum atomic E-state index is 12.5. The maximum Gasteiger partial charge on any atom is 0.245 e. The molecule has 2 fully saturated rings. The Morgan fingerprint density at radius 1 is 0.541 bits per heavy atom. The average molecular weight is 1140 g/mol. The number of nitrogens with one attached hydrogen (secondary N) is 5. The predicted octanol–water partition coefficient (Wildman–Crippen LogP) is 10.8.